The first-order valence-corrected chi connectivity index (χ1v) is 11.9. The van der Waals surface area contributed by atoms with Crippen molar-refractivity contribution in [3.05, 3.63) is 83.9 Å². The number of halogens is 2. The zero-order chi connectivity index (χ0) is 24.9. The van der Waals surface area contributed by atoms with E-state index in [-0.39, 0.29) is 11.4 Å². The Morgan fingerprint density at radius 3 is 2.12 bits per heavy atom. The van der Waals surface area contributed by atoms with Crippen LogP contribution in [0.15, 0.2) is 66.7 Å². The minimum absolute atomic E-state index is 0.0165. The van der Waals surface area contributed by atoms with Crippen molar-refractivity contribution in [2.45, 2.75) is 13.0 Å². The second-order valence-corrected chi connectivity index (χ2v) is 9.41. The fraction of sp³-hybridized carbons (Fsp3) is 0.174. The number of anilines is 2. The molecule has 3 aromatic carbocycles. The average Bonchev–Trinajstić information content (AvgIpc) is 2.80. The van der Waals surface area contributed by atoms with Crippen molar-refractivity contribution < 1.29 is 31.9 Å². The van der Waals surface area contributed by atoms with Crippen LogP contribution < -0.4 is 19.8 Å². The molecule has 0 radical (unpaired) electrons. The van der Waals surface area contributed by atoms with Gasteiger partial charge >= 0.3 is 0 Å². The highest BCUT2D eigenvalue weighted by Crippen LogP contribution is 2.26. The van der Waals surface area contributed by atoms with Gasteiger partial charge < -0.3 is 10.1 Å². The number of carbonyl (C=O) groups is 1. The van der Waals surface area contributed by atoms with E-state index in [0.717, 1.165) is 28.3 Å². The molecule has 0 heterocycles. The molecule has 8 nitrogen and oxygen atoms in total. The smallest absolute Gasteiger partial charge is 0.267 e. The molecular formula is C23H23F2N3O5S. The predicted molar refractivity (Wildman–Crippen MR) is 124 cm³/mol. The molecule has 0 saturated heterocycles. The maximum Gasteiger partial charge on any atom is 0.267 e. The fourth-order valence-electron chi connectivity index (χ4n) is 3.08. The number of sulfonamides is 1. The van der Waals surface area contributed by atoms with Gasteiger partial charge in [0.25, 0.3) is 5.91 Å². The second kappa shape index (κ2) is 10.5. The molecule has 0 fully saturated rings. The van der Waals surface area contributed by atoms with E-state index >= 15 is 0 Å². The first-order valence-electron chi connectivity index (χ1n) is 10.0. The maximum absolute atomic E-state index is 13.6. The van der Waals surface area contributed by atoms with Crippen LogP contribution in [0.2, 0.25) is 0 Å². The predicted octanol–water partition coefficient (Wildman–Crippen LogP) is 3.82. The zero-order valence-corrected chi connectivity index (χ0v) is 19.1. The van der Waals surface area contributed by atoms with E-state index < -0.39 is 40.2 Å². The van der Waals surface area contributed by atoms with Gasteiger partial charge in [0, 0.05) is 11.8 Å². The molecule has 0 aliphatic heterocycles. The lowest BCUT2D eigenvalue weighted by Crippen LogP contribution is -2.48. The molecular weight excluding hydrogens is 468 g/mol. The van der Waals surface area contributed by atoms with Crippen LogP contribution in [-0.2, 0) is 14.8 Å². The summed E-state index contributed by atoms with van der Waals surface area (Å²) in [6, 6.07) is 15.0. The molecule has 1 amide bonds. The number of hydroxylamine groups is 1. The van der Waals surface area contributed by atoms with Crippen LogP contribution in [0.3, 0.4) is 0 Å². The van der Waals surface area contributed by atoms with Gasteiger partial charge in [-0.2, -0.15) is 0 Å². The summed E-state index contributed by atoms with van der Waals surface area (Å²) >= 11 is 0. The third-order valence-corrected chi connectivity index (χ3v) is 5.98. The quantitative estimate of drug-likeness (QED) is 0.310. The summed E-state index contributed by atoms with van der Waals surface area (Å²) in [6.45, 7) is 1.49. The molecule has 3 rings (SSSR count). The van der Waals surface area contributed by atoms with Crippen molar-refractivity contribution in [2.24, 2.45) is 0 Å². The second-order valence-electron chi connectivity index (χ2n) is 7.50. The Morgan fingerprint density at radius 2 is 1.59 bits per heavy atom. The van der Waals surface area contributed by atoms with Crippen LogP contribution in [0.25, 0.3) is 0 Å². The summed E-state index contributed by atoms with van der Waals surface area (Å²) in [7, 11) is -3.88. The molecule has 1 atom stereocenters. The van der Waals surface area contributed by atoms with Gasteiger partial charge in [0.05, 0.1) is 18.5 Å². The fourth-order valence-corrected chi connectivity index (χ4v) is 4.00. The summed E-state index contributed by atoms with van der Waals surface area (Å²) in [5.41, 5.74) is 2.76. The zero-order valence-electron chi connectivity index (χ0n) is 18.3. The average molecular weight is 492 g/mol. The normalized spacial score (nSPS) is 12.0. The molecule has 3 aromatic rings. The lowest BCUT2D eigenvalue weighted by Gasteiger charge is -2.27. The van der Waals surface area contributed by atoms with Crippen molar-refractivity contribution in [2.75, 3.05) is 22.4 Å². The standard InChI is InChI=1S/C23H23F2N3O5S/c1-15-3-8-18(9-4-15)33-19-10-6-17(7-11-19)28(34(2,31)32)14-22(23(29)27-30)26-16-5-12-20(24)21(25)13-16/h3-13,22,26,30H,14H2,1-2H3,(H,27,29)/t22-/m0/s1. The van der Waals surface area contributed by atoms with Gasteiger partial charge in [0.15, 0.2) is 11.6 Å². The number of amides is 1. The number of benzene rings is 3. The van der Waals surface area contributed by atoms with Crippen molar-refractivity contribution in [1.82, 2.24) is 5.48 Å². The molecule has 0 bridgehead atoms. The van der Waals surface area contributed by atoms with Crippen LogP contribution in [0, 0.1) is 18.6 Å². The molecule has 0 spiro atoms. The number of nitrogens with one attached hydrogen (secondary N) is 2. The third kappa shape index (κ3) is 6.42. The van der Waals surface area contributed by atoms with Crippen LogP contribution in [0.5, 0.6) is 11.5 Å². The third-order valence-electron chi connectivity index (χ3n) is 4.82. The van der Waals surface area contributed by atoms with E-state index in [0.29, 0.717) is 11.5 Å². The van der Waals surface area contributed by atoms with E-state index in [1.54, 1.807) is 24.3 Å². The topological polar surface area (TPSA) is 108 Å². The van der Waals surface area contributed by atoms with Gasteiger partial charge in [-0.05, 0) is 55.5 Å². The number of nitrogens with zero attached hydrogens (tertiary/aromatic N) is 1. The minimum Gasteiger partial charge on any atom is -0.457 e. The van der Waals surface area contributed by atoms with Gasteiger partial charge in [-0.3, -0.25) is 14.3 Å². The van der Waals surface area contributed by atoms with E-state index in [1.165, 1.54) is 23.7 Å². The number of hydrogen-bond acceptors (Lipinski definition) is 6. The lowest BCUT2D eigenvalue weighted by molar-refractivity contribution is -0.129. The van der Waals surface area contributed by atoms with Gasteiger partial charge in [0.2, 0.25) is 10.0 Å². The molecule has 0 unspecified atom stereocenters. The summed E-state index contributed by atoms with van der Waals surface area (Å²) in [6.07, 6.45) is 0.954. The van der Waals surface area contributed by atoms with Crippen LogP contribution >= 0.6 is 0 Å². The van der Waals surface area contributed by atoms with Gasteiger partial charge in [0.1, 0.15) is 17.5 Å². The van der Waals surface area contributed by atoms with Crippen molar-refractivity contribution >= 4 is 27.3 Å². The van der Waals surface area contributed by atoms with E-state index in [1.807, 2.05) is 19.1 Å². The van der Waals surface area contributed by atoms with Crippen molar-refractivity contribution in [1.29, 1.82) is 0 Å². The summed E-state index contributed by atoms with van der Waals surface area (Å²) in [4.78, 5) is 12.2. The summed E-state index contributed by atoms with van der Waals surface area (Å²) in [5, 5.41) is 11.7. The van der Waals surface area contributed by atoms with Crippen LogP contribution in [-0.4, -0.2) is 38.4 Å². The highest BCUT2D eigenvalue weighted by Gasteiger charge is 2.27. The largest absolute Gasteiger partial charge is 0.457 e. The molecule has 3 N–H and O–H groups in total. The number of carbonyl (C=O) groups excluding carboxylic acids is 1. The number of aryl methyl sites for hydroxylation is 1. The molecule has 0 saturated carbocycles. The SMILES string of the molecule is Cc1ccc(Oc2ccc(N(C[C@H](Nc3ccc(F)c(F)c3)C(=O)NO)S(C)(=O)=O)cc2)cc1. The van der Waals surface area contributed by atoms with E-state index in [9.17, 15) is 22.0 Å². The molecule has 11 heteroatoms. The highest BCUT2D eigenvalue weighted by molar-refractivity contribution is 7.92. The Balaban J connectivity index is 1.83. The van der Waals surface area contributed by atoms with Crippen LogP contribution in [0.4, 0.5) is 20.2 Å². The molecule has 0 aromatic heterocycles. The van der Waals surface area contributed by atoms with Gasteiger partial charge in [-0.1, -0.05) is 17.7 Å². The first-order chi connectivity index (χ1) is 16.1. The minimum atomic E-state index is -3.88. The Kier molecular flexibility index (Phi) is 7.69. The van der Waals surface area contributed by atoms with Crippen molar-refractivity contribution in [3.63, 3.8) is 0 Å². The molecule has 180 valence electrons. The lowest BCUT2D eigenvalue weighted by atomic mass is 10.2. The molecule has 0 aliphatic carbocycles. The monoisotopic (exact) mass is 491 g/mol. The number of hydrogen-bond donors (Lipinski definition) is 3. The van der Waals surface area contributed by atoms with Crippen molar-refractivity contribution in [3.8, 4) is 11.5 Å². The van der Waals surface area contributed by atoms with Gasteiger partial charge in [-0.15, -0.1) is 0 Å². The van der Waals surface area contributed by atoms with E-state index in [2.05, 4.69) is 5.32 Å². The van der Waals surface area contributed by atoms with Crippen LogP contribution in [0.1, 0.15) is 5.56 Å². The Hall–Kier alpha value is -3.70. The van der Waals surface area contributed by atoms with E-state index in [4.69, 9.17) is 9.94 Å². The number of rotatable bonds is 9. The van der Waals surface area contributed by atoms with Gasteiger partial charge in [-0.25, -0.2) is 22.7 Å². The Bertz CT molecular complexity index is 1250. The highest BCUT2D eigenvalue weighted by atomic mass is 32.2. The Morgan fingerprint density at radius 1 is 1.00 bits per heavy atom. The summed E-state index contributed by atoms with van der Waals surface area (Å²) in [5.74, 6) is -2.14. The maximum atomic E-state index is 13.6. The summed E-state index contributed by atoms with van der Waals surface area (Å²) < 4.78 is 58.5. The Labute approximate surface area is 195 Å². The molecule has 34 heavy (non-hydrogen) atoms. The number of ether oxygens (including phenoxy) is 1. The first kappa shape index (κ1) is 24.9. The molecule has 0 aliphatic rings.